The quantitative estimate of drug-likeness (QED) is 0.716. The van der Waals surface area contributed by atoms with Crippen molar-refractivity contribution < 1.29 is 14.3 Å². The molecule has 2 aromatic carbocycles. The van der Waals surface area contributed by atoms with E-state index in [0.717, 1.165) is 4.90 Å². The van der Waals surface area contributed by atoms with Crippen LogP contribution in [0, 0.1) is 0 Å². The van der Waals surface area contributed by atoms with Crippen LogP contribution in [0.25, 0.3) is 0 Å². The number of amides is 2. The highest BCUT2D eigenvalue weighted by atomic mass is 35.5. The second kappa shape index (κ2) is 7.58. The molecule has 1 aliphatic rings. The molecule has 2 amide bonds. The Kier molecular flexibility index (Phi) is 5.41. The summed E-state index contributed by atoms with van der Waals surface area (Å²) in [5, 5.41) is 3.27. The molecule has 0 bridgehead atoms. The van der Waals surface area contributed by atoms with Gasteiger partial charge in [-0.3, -0.25) is 9.59 Å². The van der Waals surface area contributed by atoms with E-state index in [1.807, 2.05) is 6.92 Å². The number of carbonyl (C=O) groups is 2. The molecule has 2 aromatic rings. The van der Waals surface area contributed by atoms with Crippen LogP contribution in [0.3, 0.4) is 0 Å². The second-order valence-electron chi connectivity index (χ2n) is 5.32. The van der Waals surface area contributed by atoms with Gasteiger partial charge in [0.25, 0.3) is 11.8 Å². The molecule has 8 heteroatoms. The third-order valence-corrected chi connectivity index (χ3v) is 4.37. The summed E-state index contributed by atoms with van der Waals surface area (Å²) in [4.78, 5) is 26.2. The van der Waals surface area contributed by atoms with Crippen LogP contribution in [0.1, 0.15) is 6.92 Å². The summed E-state index contributed by atoms with van der Waals surface area (Å²) in [5.74, 6) is -0.729. The van der Waals surface area contributed by atoms with Gasteiger partial charge in [-0.2, -0.15) is 0 Å². The molecule has 5 nitrogen and oxygen atoms in total. The second-order valence-corrected chi connectivity index (χ2v) is 6.57. The number of imide groups is 1. The third kappa shape index (κ3) is 3.51. The van der Waals surface area contributed by atoms with Crippen molar-refractivity contribution in [3.63, 3.8) is 0 Å². The van der Waals surface area contributed by atoms with Gasteiger partial charge >= 0.3 is 0 Å². The van der Waals surface area contributed by atoms with Crippen molar-refractivity contribution in [3.05, 3.63) is 63.2 Å². The van der Waals surface area contributed by atoms with Gasteiger partial charge in [0, 0.05) is 10.0 Å². The Balaban J connectivity index is 1.95. The predicted molar refractivity (Wildman–Crippen MR) is 103 cm³/mol. The van der Waals surface area contributed by atoms with Crippen LogP contribution in [-0.2, 0) is 9.59 Å². The van der Waals surface area contributed by atoms with E-state index in [4.69, 9.17) is 39.5 Å². The molecule has 1 aliphatic heterocycles. The van der Waals surface area contributed by atoms with Crippen LogP contribution in [0.5, 0.6) is 5.75 Å². The van der Waals surface area contributed by atoms with Gasteiger partial charge in [0.15, 0.2) is 0 Å². The van der Waals surface area contributed by atoms with E-state index in [1.54, 1.807) is 24.3 Å². The first-order valence-corrected chi connectivity index (χ1v) is 8.79. The Bertz CT molecular complexity index is 907. The zero-order valence-electron chi connectivity index (χ0n) is 13.6. The minimum Gasteiger partial charge on any atom is -0.492 e. The number of hydrogen-bond donors (Lipinski definition) is 1. The monoisotopic (exact) mass is 410 g/mol. The zero-order valence-corrected chi connectivity index (χ0v) is 15.8. The number of ether oxygens (including phenoxy) is 1. The molecule has 0 spiro atoms. The zero-order chi connectivity index (χ0) is 18.8. The Morgan fingerprint density at radius 3 is 2.31 bits per heavy atom. The highest BCUT2D eigenvalue weighted by Gasteiger charge is 2.39. The lowest BCUT2D eigenvalue weighted by Gasteiger charge is -2.16. The van der Waals surface area contributed by atoms with Gasteiger partial charge in [-0.1, -0.05) is 46.9 Å². The fourth-order valence-corrected chi connectivity index (χ4v) is 3.23. The van der Waals surface area contributed by atoms with Crippen molar-refractivity contribution in [2.45, 2.75) is 6.92 Å². The summed E-state index contributed by atoms with van der Waals surface area (Å²) >= 11 is 18.1. The lowest BCUT2D eigenvalue weighted by Crippen LogP contribution is -2.32. The first-order chi connectivity index (χ1) is 12.4. The van der Waals surface area contributed by atoms with Gasteiger partial charge in [-0.15, -0.1) is 0 Å². The van der Waals surface area contributed by atoms with Crippen LogP contribution >= 0.6 is 34.8 Å². The molecule has 0 unspecified atom stereocenters. The van der Waals surface area contributed by atoms with Gasteiger partial charge in [-0.25, -0.2) is 4.90 Å². The number of halogens is 3. The lowest BCUT2D eigenvalue weighted by molar-refractivity contribution is -0.120. The molecule has 0 atom stereocenters. The van der Waals surface area contributed by atoms with Gasteiger partial charge in [0.2, 0.25) is 0 Å². The van der Waals surface area contributed by atoms with Crippen LogP contribution in [0.2, 0.25) is 10.0 Å². The van der Waals surface area contributed by atoms with Crippen molar-refractivity contribution in [1.29, 1.82) is 0 Å². The van der Waals surface area contributed by atoms with Gasteiger partial charge < -0.3 is 10.1 Å². The summed E-state index contributed by atoms with van der Waals surface area (Å²) in [6.07, 6.45) is 0. The largest absolute Gasteiger partial charge is 0.492 e. The molecule has 0 saturated heterocycles. The summed E-state index contributed by atoms with van der Waals surface area (Å²) in [5.41, 5.74) is 0.722. The summed E-state index contributed by atoms with van der Waals surface area (Å²) < 4.78 is 5.51. The molecular weight excluding hydrogens is 399 g/mol. The van der Waals surface area contributed by atoms with Crippen molar-refractivity contribution >= 4 is 58.0 Å². The summed E-state index contributed by atoms with van der Waals surface area (Å²) in [7, 11) is 0. The maximum Gasteiger partial charge on any atom is 0.283 e. The number of carbonyl (C=O) groups excluding carboxylic acids is 2. The number of rotatable bonds is 5. The minimum atomic E-state index is -0.661. The molecule has 0 radical (unpaired) electrons. The molecule has 0 saturated carbocycles. The Morgan fingerprint density at radius 2 is 1.65 bits per heavy atom. The van der Waals surface area contributed by atoms with Gasteiger partial charge in [0.1, 0.15) is 16.5 Å². The Morgan fingerprint density at radius 1 is 1.00 bits per heavy atom. The Labute approximate surface area is 165 Å². The van der Waals surface area contributed by atoms with E-state index in [-0.39, 0.29) is 16.4 Å². The minimum absolute atomic E-state index is 0.0417. The number of para-hydroxylation sites is 2. The fourth-order valence-electron chi connectivity index (χ4n) is 2.50. The van der Waals surface area contributed by atoms with E-state index in [1.165, 1.54) is 18.2 Å². The van der Waals surface area contributed by atoms with Crippen LogP contribution in [0.4, 0.5) is 11.4 Å². The lowest BCUT2D eigenvalue weighted by atomic mass is 10.2. The van der Waals surface area contributed by atoms with Crippen LogP contribution in [0.15, 0.2) is 53.2 Å². The number of nitrogens with zero attached hydrogens (tertiary/aromatic N) is 1. The standard InChI is InChI=1S/C18H13Cl3N2O3/c1-2-26-14-6-4-3-5-13(14)22-16-15(21)17(24)23(18(16)25)12-8-10(19)7-11(20)9-12/h3-9,22H,2H2,1H3. The smallest absolute Gasteiger partial charge is 0.283 e. The summed E-state index contributed by atoms with van der Waals surface area (Å²) in [6.45, 7) is 2.30. The molecule has 0 aromatic heterocycles. The van der Waals surface area contributed by atoms with Crippen molar-refractivity contribution in [2.24, 2.45) is 0 Å². The topological polar surface area (TPSA) is 58.6 Å². The molecule has 3 rings (SSSR count). The molecule has 26 heavy (non-hydrogen) atoms. The van der Waals surface area contributed by atoms with E-state index in [0.29, 0.717) is 28.1 Å². The number of benzene rings is 2. The van der Waals surface area contributed by atoms with Crippen molar-refractivity contribution in [1.82, 2.24) is 0 Å². The molecule has 1 N–H and O–H groups in total. The SMILES string of the molecule is CCOc1ccccc1NC1=C(Cl)C(=O)N(c2cc(Cl)cc(Cl)c2)C1=O. The van der Waals surface area contributed by atoms with Crippen molar-refractivity contribution in [3.8, 4) is 5.75 Å². The fraction of sp³-hybridized carbons (Fsp3) is 0.111. The highest BCUT2D eigenvalue weighted by Crippen LogP contribution is 2.34. The molecule has 0 aliphatic carbocycles. The van der Waals surface area contributed by atoms with E-state index < -0.39 is 11.8 Å². The Hall–Kier alpha value is -2.21. The van der Waals surface area contributed by atoms with E-state index in [9.17, 15) is 9.59 Å². The summed E-state index contributed by atoms with van der Waals surface area (Å²) in [6, 6.07) is 11.5. The van der Waals surface area contributed by atoms with Gasteiger partial charge in [0.05, 0.1) is 18.0 Å². The maximum atomic E-state index is 12.8. The number of nitrogens with one attached hydrogen (secondary N) is 1. The van der Waals surface area contributed by atoms with E-state index >= 15 is 0 Å². The average molecular weight is 412 g/mol. The molecule has 134 valence electrons. The predicted octanol–water partition coefficient (Wildman–Crippen LogP) is 4.83. The van der Waals surface area contributed by atoms with E-state index in [2.05, 4.69) is 5.32 Å². The molecule has 1 heterocycles. The third-order valence-electron chi connectivity index (χ3n) is 3.58. The van der Waals surface area contributed by atoms with Crippen LogP contribution in [-0.4, -0.2) is 18.4 Å². The first-order valence-electron chi connectivity index (χ1n) is 7.66. The van der Waals surface area contributed by atoms with Crippen LogP contribution < -0.4 is 15.0 Å². The van der Waals surface area contributed by atoms with Crippen molar-refractivity contribution in [2.75, 3.05) is 16.8 Å². The average Bonchev–Trinajstić information content (AvgIpc) is 2.79. The first kappa shape index (κ1) is 18.6. The molecular formula is C18H13Cl3N2O3. The van der Waals surface area contributed by atoms with Gasteiger partial charge in [-0.05, 0) is 37.3 Å². The number of hydrogen-bond acceptors (Lipinski definition) is 4. The normalized spacial score (nSPS) is 14.2. The highest BCUT2D eigenvalue weighted by molar-refractivity contribution is 6.53. The maximum absolute atomic E-state index is 12.8. The molecule has 0 fully saturated rings. The number of anilines is 2.